The summed E-state index contributed by atoms with van der Waals surface area (Å²) < 4.78 is 34.8. The molecule has 0 saturated heterocycles. The largest absolute Gasteiger partial charge is 0.476 e. The highest BCUT2D eigenvalue weighted by atomic mass is 32.2. The van der Waals surface area contributed by atoms with Gasteiger partial charge in [0.05, 0.1) is 17.1 Å². The Morgan fingerprint density at radius 1 is 1.06 bits per heavy atom. The van der Waals surface area contributed by atoms with Gasteiger partial charge in [0, 0.05) is 5.75 Å². The van der Waals surface area contributed by atoms with Crippen molar-refractivity contribution in [2.75, 3.05) is 16.2 Å². The first-order valence-corrected chi connectivity index (χ1v) is 14.3. The molecule has 184 valence electrons. The number of carbonyl (C=O) groups excluding carboxylic acids is 1. The highest BCUT2D eigenvalue weighted by Crippen LogP contribution is 2.37. The lowest BCUT2D eigenvalue weighted by Gasteiger charge is -2.34. The Labute approximate surface area is 217 Å². The van der Waals surface area contributed by atoms with E-state index in [1.807, 2.05) is 37.3 Å². The molecule has 36 heavy (non-hydrogen) atoms. The molecule has 1 atom stereocenters. The van der Waals surface area contributed by atoms with Gasteiger partial charge < -0.3 is 4.74 Å². The Bertz CT molecular complexity index is 1470. The van der Waals surface area contributed by atoms with Gasteiger partial charge in [0.1, 0.15) is 5.75 Å². The van der Waals surface area contributed by atoms with Crippen LogP contribution in [0, 0.1) is 6.92 Å². The van der Waals surface area contributed by atoms with Gasteiger partial charge in [-0.25, -0.2) is 8.42 Å². The van der Waals surface area contributed by atoms with Crippen LogP contribution in [-0.2, 0) is 20.6 Å². The maximum absolute atomic E-state index is 13.5. The van der Waals surface area contributed by atoms with Gasteiger partial charge >= 0.3 is 0 Å². The number of carbonyl (C=O) groups is 1. The van der Waals surface area contributed by atoms with Crippen LogP contribution in [0.1, 0.15) is 11.1 Å². The highest BCUT2D eigenvalue weighted by Gasteiger charge is 2.37. The van der Waals surface area contributed by atoms with Crippen molar-refractivity contribution in [3.05, 3.63) is 90.0 Å². The van der Waals surface area contributed by atoms with Crippen molar-refractivity contribution in [2.24, 2.45) is 0 Å². The van der Waals surface area contributed by atoms with Crippen molar-refractivity contribution in [2.45, 2.75) is 28.0 Å². The number of rotatable bonds is 7. The molecule has 0 saturated carbocycles. The van der Waals surface area contributed by atoms with Crippen LogP contribution in [-0.4, -0.2) is 37.2 Å². The maximum Gasteiger partial charge on any atom is 0.269 e. The molecule has 0 aliphatic carbocycles. The number of amides is 1. The van der Waals surface area contributed by atoms with E-state index in [-0.39, 0.29) is 11.4 Å². The molecule has 8 nitrogen and oxygen atoms in total. The molecule has 0 unspecified atom stereocenters. The standard InChI is InChI=1S/C25H22N4O4S3/c1-17-11-13-19(14-12-17)36(31,32)29-15-22(33-21-10-6-5-9-20(21)29)23(30)26-24-27-28-25(35-24)34-16-18-7-3-2-4-8-18/h2-14,22H,15-16H2,1H3,(H,26,27,30)/t22-/m1/s1. The molecule has 2 heterocycles. The second-order valence-electron chi connectivity index (χ2n) is 8.06. The van der Waals surface area contributed by atoms with E-state index >= 15 is 0 Å². The van der Waals surface area contributed by atoms with Gasteiger partial charge in [-0.2, -0.15) is 0 Å². The third-order valence-electron chi connectivity index (χ3n) is 5.48. The molecule has 0 spiro atoms. The summed E-state index contributed by atoms with van der Waals surface area (Å²) in [4.78, 5) is 13.2. The summed E-state index contributed by atoms with van der Waals surface area (Å²) in [6.45, 7) is 1.72. The first-order valence-electron chi connectivity index (χ1n) is 11.1. The zero-order valence-corrected chi connectivity index (χ0v) is 21.6. The molecule has 0 fully saturated rings. The molecule has 1 aromatic heterocycles. The van der Waals surface area contributed by atoms with Crippen molar-refractivity contribution in [1.82, 2.24) is 10.2 Å². The second-order valence-corrected chi connectivity index (χ2v) is 12.1. The topological polar surface area (TPSA) is 101 Å². The van der Waals surface area contributed by atoms with Crippen LogP contribution in [0.3, 0.4) is 0 Å². The Morgan fingerprint density at radius 3 is 2.56 bits per heavy atom. The van der Waals surface area contributed by atoms with Crippen LogP contribution in [0.4, 0.5) is 10.8 Å². The van der Waals surface area contributed by atoms with Crippen molar-refractivity contribution in [3.8, 4) is 5.75 Å². The number of para-hydroxylation sites is 2. The minimum Gasteiger partial charge on any atom is -0.476 e. The molecule has 0 radical (unpaired) electrons. The van der Waals surface area contributed by atoms with Gasteiger partial charge in [0.25, 0.3) is 15.9 Å². The Balaban J connectivity index is 1.32. The Hall–Kier alpha value is -3.41. The van der Waals surface area contributed by atoms with Gasteiger partial charge in [-0.15, -0.1) is 10.2 Å². The zero-order valence-electron chi connectivity index (χ0n) is 19.2. The van der Waals surface area contributed by atoms with Gasteiger partial charge in [-0.1, -0.05) is 83.3 Å². The van der Waals surface area contributed by atoms with Crippen LogP contribution in [0.5, 0.6) is 5.75 Å². The van der Waals surface area contributed by atoms with Gasteiger partial charge in [-0.05, 0) is 36.8 Å². The molecular weight excluding hydrogens is 517 g/mol. The SMILES string of the molecule is Cc1ccc(S(=O)(=O)N2C[C@H](C(=O)Nc3nnc(SCc4ccccc4)s3)Oc3ccccc32)cc1. The minimum absolute atomic E-state index is 0.146. The Kier molecular flexibility index (Phi) is 6.95. The van der Waals surface area contributed by atoms with Crippen LogP contribution in [0.2, 0.25) is 0 Å². The van der Waals surface area contributed by atoms with Crippen molar-refractivity contribution < 1.29 is 17.9 Å². The van der Waals surface area contributed by atoms with E-state index in [9.17, 15) is 13.2 Å². The molecule has 11 heteroatoms. The van der Waals surface area contributed by atoms with Gasteiger partial charge in [0.15, 0.2) is 10.4 Å². The number of nitrogens with one attached hydrogen (secondary N) is 1. The Morgan fingerprint density at radius 2 is 1.78 bits per heavy atom. The van der Waals surface area contributed by atoms with E-state index in [0.717, 1.165) is 16.9 Å². The molecule has 0 bridgehead atoms. The number of hydrogen-bond donors (Lipinski definition) is 1. The molecular formula is C25H22N4O4S3. The number of sulfonamides is 1. The number of hydrogen-bond acceptors (Lipinski definition) is 8. The normalized spacial score (nSPS) is 15.1. The fourth-order valence-corrected chi connectivity index (χ4v) is 6.81. The lowest BCUT2D eigenvalue weighted by atomic mass is 10.2. The summed E-state index contributed by atoms with van der Waals surface area (Å²) in [5.74, 6) is 0.554. The van der Waals surface area contributed by atoms with Crippen LogP contribution in [0.15, 0.2) is 88.1 Å². The van der Waals surface area contributed by atoms with E-state index in [0.29, 0.717) is 20.9 Å². The fraction of sp³-hybridized carbons (Fsp3) is 0.160. The number of nitrogens with zero attached hydrogens (tertiary/aromatic N) is 3. The quantitative estimate of drug-likeness (QED) is 0.268. The van der Waals surface area contributed by atoms with Gasteiger partial charge in [0.2, 0.25) is 5.13 Å². The summed E-state index contributed by atoms with van der Waals surface area (Å²) in [5, 5.41) is 11.2. The van der Waals surface area contributed by atoms with E-state index in [1.54, 1.807) is 48.5 Å². The zero-order chi connectivity index (χ0) is 25.1. The van der Waals surface area contributed by atoms with Crippen molar-refractivity contribution >= 4 is 49.8 Å². The number of thioether (sulfide) groups is 1. The summed E-state index contributed by atoms with van der Waals surface area (Å²) in [6, 6.07) is 23.4. The van der Waals surface area contributed by atoms with Crippen LogP contribution in [0.25, 0.3) is 0 Å². The number of aryl methyl sites for hydroxylation is 1. The molecule has 5 rings (SSSR count). The fourth-order valence-electron chi connectivity index (χ4n) is 3.63. The smallest absolute Gasteiger partial charge is 0.269 e. The van der Waals surface area contributed by atoms with E-state index in [4.69, 9.17) is 4.74 Å². The van der Waals surface area contributed by atoms with E-state index < -0.39 is 22.0 Å². The summed E-state index contributed by atoms with van der Waals surface area (Å²) >= 11 is 2.78. The first-order chi connectivity index (χ1) is 17.4. The summed E-state index contributed by atoms with van der Waals surface area (Å²) in [6.07, 6.45) is -1.07. The molecule has 1 amide bonds. The summed E-state index contributed by atoms with van der Waals surface area (Å²) in [5.41, 5.74) is 2.50. The van der Waals surface area contributed by atoms with Crippen molar-refractivity contribution in [1.29, 1.82) is 0 Å². The lowest BCUT2D eigenvalue weighted by molar-refractivity contribution is -0.122. The molecule has 1 aliphatic heterocycles. The number of anilines is 2. The van der Waals surface area contributed by atoms with E-state index in [2.05, 4.69) is 15.5 Å². The average Bonchev–Trinajstić information content (AvgIpc) is 3.34. The van der Waals surface area contributed by atoms with Crippen LogP contribution < -0.4 is 14.4 Å². The third-order valence-corrected chi connectivity index (χ3v) is 9.32. The number of ether oxygens (including phenoxy) is 1. The second kappa shape index (κ2) is 10.3. The summed E-state index contributed by atoms with van der Waals surface area (Å²) in [7, 11) is -3.92. The number of aromatic nitrogens is 2. The number of benzene rings is 3. The molecule has 1 aliphatic rings. The first kappa shape index (κ1) is 24.3. The lowest BCUT2D eigenvalue weighted by Crippen LogP contribution is -2.48. The monoisotopic (exact) mass is 538 g/mol. The predicted molar refractivity (Wildman–Crippen MR) is 141 cm³/mol. The molecule has 3 aromatic carbocycles. The van der Waals surface area contributed by atoms with Crippen molar-refractivity contribution in [3.63, 3.8) is 0 Å². The predicted octanol–water partition coefficient (Wildman–Crippen LogP) is 4.73. The molecule has 4 aromatic rings. The van der Waals surface area contributed by atoms with E-state index in [1.165, 1.54) is 27.4 Å². The molecule has 1 N–H and O–H groups in total. The van der Waals surface area contributed by atoms with Gasteiger partial charge in [-0.3, -0.25) is 14.4 Å². The third kappa shape index (κ3) is 5.23. The van der Waals surface area contributed by atoms with Crippen LogP contribution >= 0.6 is 23.1 Å². The maximum atomic E-state index is 13.5. The number of fused-ring (bicyclic) bond motifs is 1. The highest BCUT2D eigenvalue weighted by molar-refractivity contribution is 8.00. The minimum atomic E-state index is -3.92. The average molecular weight is 539 g/mol.